The van der Waals surface area contributed by atoms with E-state index in [2.05, 4.69) is 31.0 Å². The highest BCUT2D eigenvalue weighted by atomic mass is 16.3. The summed E-state index contributed by atoms with van der Waals surface area (Å²) in [5.74, 6) is 0.982. The Kier molecular flexibility index (Phi) is 5.23. The molecule has 0 atom stereocenters. The molecule has 116 valence electrons. The van der Waals surface area contributed by atoms with Crippen LogP contribution in [0.4, 0.5) is 0 Å². The average molecular weight is 289 g/mol. The van der Waals surface area contributed by atoms with Crippen molar-refractivity contribution in [2.45, 2.75) is 40.3 Å². The number of guanidine groups is 1. The number of benzene rings is 1. The molecule has 21 heavy (non-hydrogen) atoms. The summed E-state index contributed by atoms with van der Waals surface area (Å²) in [5.41, 5.74) is 2.41. The highest BCUT2D eigenvalue weighted by Gasteiger charge is 2.30. The van der Waals surface area contributed by atoms with Crippen LogP contribution in [0.1, 0.15) is 38.3 Å². The zero-order valence-electron chi connectivity index (χ0n) is 13.4. The molecule has 0 saturated carbocycles. The first-order valence-corrected chi connectivity index (χ1v) is 7.76. The van der Waals surface area contributed by atoms with Crippen molar-refractivity contribution < 1.29 is 5.11 Å². The maximum atomic E-state index is 9.39. The molecule has 2 rings (SSSR count). The van der Waals surface area contributed by atoms with E-state index in [-0.39, 0.29) is 6.61 Å². The maximum absolute atomic E-state index is 9.39. The highest BCUT2D eigenvalue weighted by molar-refractivity contribution is 5.80. The Balaban J connectivity index is 2.11. The van der Waals surface area contributed by atoms with E-state index in [4.69, 9.17) is 4.99 Å². The van der Waals surface area contributed by atoms with Crippen molar-refractivity contribution in [3.8, 4) is 0 Å². The second-order valence-electron chi connectivity index (χ2n) is 6.43. The predicted molar refractivity (Wildman–Crippen MR) is 87.2 cm³/mol. The topological polar surface area (TPSA) is 47.9 Å². The van der Waals surface area contributed by atoms with Crippen LogP contribution in [0.2, 0.25) is 0 Å². The third-order valence-electron chi connectivity index (χ3n) is 4.00. The van der Waals surface area contributed by atoms with Gasteiger partial charge in [-0.15, -0.1) is 0 Å². The fourth-order valence-corrected chi connectivity index (χ4v) is 2.75. The Bertz CT molecular complexity index is 497. The number of aliphatic hydroxyl groups excluding tert-OH is 1. The first-order valence-electron chi connectivity index (χ1n) is 7.76. The number of hydrogen-bond acceptors (Lipinski definition) is 2. The number of nitrogens with zero attached hydrogens (tertiary/aromatic N) is 2. The molecule has 1 aromatic rings. The van der Waals surface area contributed by atoms with E-state index >= 15 is 0 Å². The molecule has 0 radical (unpaired) electrons. The number of aliphatic hydroxyl groups is 1. The first kappa shape index (κ1) is 15.8. The summed E-state index contributed by atoms with van der Waals surface area (Å²) in [6.07, 6.45) is 1.20. The molecular formula is C17H27N3O. The van der Waals surface area contributed by atoms with Crippen molar-refractivity contribution in [2.24, 2.45) is 10.4 Å². The van der Waals surface area contributed by atoms with Gasteiger partial charge >= 0.3 is 0 Å². The Morgan fingerprint density at radius 2 is 2.05 bits per heavy atom. The van der Waals surface area contributed by atoms with Crippen molar-refractivity contribution in [3.63, 3.8) is 0 Å². The van der Waals surface area contributed by atoms with Crippen LogP contribution < -0.4 is 5.32 Å². The SMILES string of the molecule is CCNC(=NCc1ccccc1CO)N1CCC(C)(C)C1. The van der Waals surface area contributed by atoms with Gasteiger partial charge in [-0.2, -0.15) is 0 Å². The molecule has 0 aromatic heterocycles. The molecule has 1 heterocycles. The quantitative estimate of drug-likeness (QED) is 0.661. The minimum atomic E-state index is 0.0684. The fourth-order valence-electron chi connectivity index (χ4n) is 2.75. The lowest BCUT2D eigenvalue weighted by Gasteiger charge is -2.23. The molecule has 0 unspecified atom stereocenters. The van der Waals surface area contributed by atoms with Crippen molar-refractivity contribution >= 4 is 5.96 Å². The van der Waals surface area contributed by atoms with Gasteiger partial charge in [-0.1, -0.05) is 38.1 Å². The fraction of sp³-hybridized carbons (Fsp3) is 0.588. The molecule has 2 N–H and O–H groups in total. The van der Waals surface area contributed by atoms with Crippen molar-refractivity contribution in [2.75, 3.05) is 19.6 Å². The minimum Gasteiger partial charge on any atom is -0.392 e. The summed E-state index contributed by atoms with van der Waals surface area (Å²) in [5, 5.41) is 12.8. The number of rotatable bonds is 4. The molecule has 0 aliphatic carbocycles. The molecule has 1 saturated heterocycles. The largest absolute Gasteiger partial charge is 0.392 e. The van der Waals surface area contributed by atoms with E-state index in [1.54, 1.807) is 0 Å². The minimum absolute atomic E-state index is 0.0684. The van der Waals surface area contributed by atoms with Gasteiger partial charge in [-0.05, 0) is 29.9 Å². The van der Waals surface area contributed by atoms with Crippen LogP contribution in [0.15, 0.2) is 29.3 Å². The van der Waals surface area contributed by atoms with Crippen molar-refractivity contribution in [1.29, 1.82) is 0 Å². The van der Waals surface area contributed by atoms with Crippen LogP contribution in [-0.2, 0) is 13.2 Å². The van der Waals surface area contributed by atoms with E-state index in [9.17, 15) is 5.11 Å². The first-order chi connectivity index (χ1) is 10.1. The van der Waals surface area contributed by atoms with Gasteiger partial charge in [0.1, 0.15) is 0 Å². The van der Waals surface area contributed by atoms with Crippen LogP contribution in [0.5, 0.6) is 0 Å². The van der Waals surface area contributed by atoms with Gasteiger partial charge in [-0.25, -0.2) is 4.99 Å². The monoisotopic (exact) mass is 289 g/mol. The summed E-state index contributed by atoms with van der Waals surface area (Å²) in [6.45, 7) is 10.3. The molecule has 0 amide bonds. The number of aliphatic imine (C=N–C) groups is 1. The van der Waals surface area contributed by atoms with E-state index in [0.29, 0.717) is 12.0 Å². The van der Waals surface area contributed by atoms with Crippen molar-refractivity contribution in [1.82, 2.24) is 10.2 Å². The lowest BCUT2D eigenvalue weighted by Crippen LogP contribution is -2.40. The van der Waals surface area contributed by atoms with Gasteiger partial charge in [0.2, 0.25) is 0 Å². The number of nitrogens with one attached hydrogen (secondary N) is 1. The standard InChI is InChI=1S/C17H27N3O/c1-4-18-16(20-10-9-17(2,3)13-20)19-11-14-7-5-6-8-15(14)12-21/h5-8,21H,4,9-13H2,1-3H3,(H,18,19). The Labute approximate surface area is 127 Å². The molecule has 0 bridgehead atoms. The molecule has 1 aliphatic heterocycles. The summed E-state index contributed by atoms with van der Waals surface area (Å²) in [6, 6.07) is 7.94. The molecule has 1 aliphatic rings. The zero-order chi connectivity index (χ0) is 15.3. The summed E-state index contributed by atoms with van der Waals surface area (Å²) < 4.78 is 0. The molecule has 4 nitrogen and oxygen atoms in total. The van der Waals surface area contributed by atoms with Crippen LogP contribution in [0.25, 0.3) is 0 Å². The van der Waals surface area contributed by atoms with Crippen LogP contribution in [-0.4, -0.2) is 35.6 Å². The Morgan fingerprint density at radius 1 is 1.33 bits per heavy atom. The molecule has 1 fully saturated rings. The van der Waals surface area contributed by atoms with Crippen LogP contribution in [0, 0.1) is 5.41 Å². The normalized spacial score (nSPS) is 18.1. The lowest BCUT2D eigenvalue weighted by atomic mass is 9.93. The van der Waals surface area contributed by atoms with Gasteiger partial charge in [0, 0.05) is 19.6 Å². The average Bonchev–Trinajstić information content (AvgIpc) is 2.84. The van der Waals surface area contributed by atoms with Gasteiger partial charge in [0.15, 0.2) is 5.96 Å². The second-order valence-corrected chi connectivity index (χ2v) is 6.43. The highest BCUT2D eigenvalue weighted by Crippen LogP contribution is 2.28. The maximum Gasteiger partial charge on any atom is 0.194 e. The summed E-state index contributed by atoms with van der Waals surface area (Å²) in [7, 11) is 0. The number of likely N-dealkylation sites (tertiary alicyclic amines) is 1. The van der Waals surface area contributed by atoms with Gasteiger partial charge in [-0.3, -0.25) is 0 Å². The predicted octanol–water partition coefficient (Wildman–Crippen LogP) is 2.38. The van der Waals surface area contributed by atoms with E-state index in [0.717, 1.165) is 36.7 Å². The van der Waals surface area contributed by atoms with Crippen molar-refractivity contribution in [3.05, 3.63) is 35.4 Å². The Morgan fingerprint density at radius 3 is 2.62 bits per heavy atom. The molecule has 0 spiro atoms. The van der Waals surface area contributed by atoms with Crippen LogP contribution >= 0.6 is 0 Å². The third kappa shape index (κ3) is 4.21. The van der Waals surface area contributed by atoms with Gasteiger partial charge in [0.05, 0.1) is 13.2 Å². The lowest BCUT2D eigenvalue weighted by molar-refractivity contribution is 0.280. The molecule has 4 heteroatoms. The smallest absolute Gasteiger partial charge is 0.194 e. The molecule has 1 aromatic carbocycles. The summed E-state index contributed by atoms with van der Waals surface area (Å²) >= 11 is 0. The second kappa shape index (κ2) is 6.94. The van der Waals surface area contributed by atoms with E-state index in [1.807, 2.05) is 24.3 Å². The summed E-state index contributed by atoms with van der Waals surface area (Å²) in [4.78, 5) is 7.10. The van der Waals surface area contributed by atoms with E-state index in [1.165, 1.54) is 6.42 Å². The van der Waals surface area contributed by atoms with E-state index < -0.39 is 0 Å². The van der Waals surface area contributed by atoms with Crippen LogP contribution in [0.3, 0.4) is 0 Å². The Hall–Kier alpha value is -1.55. The van der Waals surface area contributed by atoms with Gasteiger partial charge in [0.25, 0.3) is 0 Å². The number of hydrogen-bond donors (Lipinski definition) is 2. The van der Waals surface area contributed by atoms with Gasteiger partial charge < -0.3 is 15.3 Å². The zero-order valence-corrected chi connectivity index (χ0v) is 13.4. The molecular weight excluding hydrogens is 262 g/mol. The third-order valence-corrected chi connectivity index (χ3v) is 4.00.